The van der Waals surface area contributed by atoms with Gasteiger partial charge in [0.25, 0.3) is 0 Å². The molecule has 0 saturated carbocycles. The molecule has 3 heterocycles. The summed E-state index contributed by atoms with van der Waals surface area (Å²) >= 11 is 0. The molecule has 3 amide bonds. The second-order valence-corrected chi connectivity index (χ2v) is 6.69. The van der Waals surface area contributed by atoms with E-state index in [9.17, 15) is 9.59 Å². The number of nitrogens with one attached hydrogen (secondary N) is 3. The van der Waals surface area contributed by atoms with Crippen LogP contribution in [0.4, 0.5) is 10.5 Å². The van der Waals surface area contributed by atoms with E-state index in [1.54, 1.807) is 23.3 Å². The molecule has 146 valence electrons. The van der Waals surface area contributed by atoms with E-state index in [2.05, 4.69) is 15.6 Å². The predicted molar refractivity (Wildman–Crippen MR) is 104 cm³/mol. The van der Waals surface area contributed by atoms with Gasteiger partial charge in [-0.05, 0) is 36.4 Å². The first-order chi connectivity index (χ1) is 13.7. The molecule has 2 aromatic heterocycles. The first-order valence-corrected chi connectivity index (χ1v) is 9.20. The fourth-order valence-electron chi connectivity index (χ4n) is 3.33. The summed E-state index contributed by atoms with van der Waals surface area (Å²) in [5.74, 6) is 0.519. The van der Waals surface area contributed by atoms with Crippen LogP contribution in [0.2, 0.25) is 0 Å². The maximum atomic E-state index is 12.5. The number of benzene rings is 1. The number of rotatable bonds is 5. The number of fused-ring (bicyclic) bond motifs is 1. The van der Waals surface area contributed by atoms with Gasteiger partial charge in [0.05, 0.1) is 32.1 Å². The van der Waals surface area contributed by atoms with Crippen LogP contribution in [0.1, 0.15) is 12.2 Å². The van der Waals surface area contributed by atoms with Gasteiger partial charge in [-0.3, -0.25) is 4.79 Å². The SMILES string of the molecule is O=C(CC1COCCN1C(=O)NCc1ccco1)Nc1ccc2[nH]ccc2c1. The highest BCUT2D eigenvalue weighted by molar-refractivity contribution is 5.94. The van der Waals surface area contributed by atoms with E-state index >= 15 is 0 Å². The van der Waals surface area contributed by atoms with Crippen molar-refractivity contribution in [2.75, 3.05) is 25.1 Å². The highest BCUT2D eigenvalue weighted by atomic mass is 16.5. The minimum absolute atomic E-state index is 0.158. The lowest BCUT2D eigenvalue weighted by Gasteiger charge is -2.35. The maximum Gasteiger partial charge on any atom is 0.318 e. The summed E-state index contributed by atoms with van der Waals surface area (Å²) in [5, 5.41) is 6.76. The number of aromatic amines is 1. The van der Waals surface area contributed by atoms with Gasteiger partial charge in [0.2, 0.25) is 5.91 Å². The average Bonchev–Trinajstić information content (AvgIpc) is 3.38. The number of hydrogen-bond donors (Lipinski definition) is 3. The minimum Gasteiger partial charge on any atom is -0.467 e. The van der Waals surface area contributed by atoms with Gasteiger partial charge in [-0.1, -0.05) is 0 Å². The molecule has 1 fully saturated rings. The van der Waals surface area contributed by atoms with Crippen LogP contribution in [0.25, 0.3) is 10.9 Å². The summed E-state index contributed by atoms with van der Waals surface area (Å²) < 4.78 is 10.7. The van der Waals surface area contributed by atoms with E-state index < -0.39 is 0 Å². The number of anilines is 1. The van der Waals surface area contributed by atoms with Gasteiger partial charge in [-0.2, -0.15) is 0 Å². The van der Waals surface area contributed by atoms with E-state index in [1.807, 2.05) is 30.5 Å². The third kappa shape index (κ3) is 4.17. The molecule has 1 unspecified atom stereocenters. The Morgan fingerprint density at radius 2 is 2.18 bits per heavy atom. The fourth-order valence-corrected chi connectivity index (χ4v) is 3.33. The van der Waals surface area contributed by atoms with Gasteiger partial charge in [0.1, 0.15) is 5.76 Å². The molecular formula is C20H22N4O4. The number of urea groups is 1. The number of furan rings is 1. The van der Waals surface area contributed by atoms with Crippen molar-refractivity contribution in [1.82, 2.24) is 15.2 Å². The van der Waals surface area contributed by atoms with Crippen molar-refractivity contribution in [3.8, 4) is 0 Å². The lowest BCUT2D eigenvalue weighted by molar-refractivity contribution is -0.118. The summed E-state index contributed by atoms with van der Waals surface area (Å²) in [5.41, 5.74) is 1.74. The summed E-state index contributed by atoms with van der Waals surface area (Å²) in [6.07, 6.45) is 3.59. The van der Waals surface area contributed by atoms with Crippen molar-refractivity contribution >= 4 is 28.5 Å². The molecular weight excluding hydrogens is 360 g/mol. The zero-order valence-electron chi connectivity index (χ0n) is 15.3. The standard InChI is InChI=1S/C20H22N4O4/c25-19(23-15-3-4-18-14(10-15)5-6-21-18)11-16-13-27-9-7-24(16)20(26)22-12-17-2-1-8-28-17/h1-6,8,10,16,21H,7,9,11-13H2,(H,22,26)(H,23,25). The molecule has 0 aliphatic carbocycles. The van der Waals surface area contributed by atoms with E-state index in [-0.39, 0.29) is 24.4 Å². The van der Waals surface area contributed by atoms with Gasteiger partial charge in [0, 0.05) is 35.8 Å². The molecule has 4 rings (SSSR count). The largest absolute Gasteiger partial charge is 0.467 e. The first kappa shape index (κ1) is 18.1. The van der Waals surface area contributed by atoms with Crippen molar-refractivity contribution in [2.45, 2.75) is 19.0 Å². The molecule has 1 aliphatic heterocycles. The zero-order valence-corrected chi connectivity index (χ0v) is 15.3. The Labute approximate surface area is 161 Å². The molecule has 0 radical (unpaired) electrons. The third-order valence-electron chi connectivity index (χ3n) is 4.74. The number of H-pyrrole nitrogens is 1. The minimum atomic E-state index is -0.318. The van der Waals surface area contributed by atoms with Crippen LogP contribution in [0.5, 0.6) is 0 Å². The Morgan fingerprint density at radius 3 is 3.04 bits per heavy atom. The summed E-state index contributed by atoms with van der Waals surface area (Å²) in [4.78, 5) is 29.8. The summed E-state index contributed by atoms with van der Waals surface area (Å²) in [6.45, 7) is 1.53. The number of aromatic nitrogens is 1. The van der Waals surface area contributed by atoms with Crippen LogP contribution in [-0.4, -0.2) is 47.6 Å². The third-order valence-corrected chi connectivity index (χ3v) is 4.74. The van der Waals surface area contributed by atoms with Gasteiger partial charge in [-0.25, -0.2) is 4.79 Å². The maximum absolute atomic E-state index is 12.5. The van der Waals surface area contributed by atoms with Crippen molar-refractivity contribution in [1.29, 1.82) is 0 Å². The Hall–Kier alpha value is -3.26. The Bertz CT molecular complexity index is 950. The highest BCUT2D eigenvalue weighted by Gasteiger charge is 2.29. The average molecular weight is 382 g/mol. The Balaban J connectivity index is 1.35. The second-order valence-electron chi connectivity index (χ2n) is 6.69. The fraction of sp³-hybridized carbons (Fsp3) is 0.300. The number of carbonyl (C=O) groups excluding carboxylic acids is 2. The van der Waals surface area contributed by atoms with Crippen molar-refractivity contribution < 1.29 is 18.7 Å². The van der Waals surface area contributed by atoms with Crippen LogP contribution in [0, 0.1) is 0 Å². The topological polar surface area (TPSA) is 99.6 Å². The van der Waals surface area contributed by atoms with E-state index in [1.165, 1.54) is 0 Å². The lowest BCUT2D eigenvalue weighted by atomic mass is 10.1. The van der Waals surface area contributed by atoms with E-state index in [0.29, 0.717) is 32.1 Å². The second kappa shape index (κ2) is 8.18. The molecule has 8 heteroatoms. The van der Waals surface area contributed by atoms with Crippen LogP contribution in [0.3, 0.4) is 0 Å². The number of carbonyl (C=O) groups is 2. The number of ether oxygens (including phenoxy) is 1. The Morgan fingerprint density at radius 1 is 1.25 bits per heavy atom. The molecule has 28 heavy (non-hydrogen) atoms. The number of amides is 3. The van der Waals surface area contributed by atoms with Crippen LogP contribution in [0.15, 0.2) is 53.3 Å². The number of hydrogen-bond acceptors (Lipinski definition) is 4. The molecule has 1 aliphatic rings. The molecule has 1 atom stereocenters. The molecule has 3 N–H and O–H groups in total. The number of morpholine rings is 1. The molecule has 1 saturated heterocycles. The Kier molecular flexibility index (Phi) is 5.29. The smallest absolute Gasteiger partial charge is 0.318 e. The zero-order chi connectivity index (χ0) is 19.3. The molecule has 1 aromatic carbocycles. The summed E-state index contributed by atoms with van der Waals surface area (Å²) in [6, 6.07) is 10.7. The summed E-state index contributed by atoms with van der Waals surface area (Å²) in [7, 11) is 0. The predicted octanol–water partition coefficient (Wildman–Crippen LogP) is 2.70. The van der Waals surface area contributed by atoms with Crippen molar-refractivity contribution in [3.63, 3.8) is 0 Å². The van der Waals surface area contributed by atoms with Gasteiger partial charge >= 0.3 is 6.03 Å². The van der Waals surface area contributed by atoms with Crippen molar-refractivity contribution in [3.05, 3.63) is 54.6 Å². The number of nitrogens with zero attached hydrogens (tertiary/aromatic N) is 1. The van der Waals surface area contributed by atoms with Crippen LogP contribution < -0.4 is 10.6 Å². The van der Waals surface area contributed by atoms with Crippen molar-refractivity contribution in [2.24, 2.45) is 0 Å². The highest BCUT2D eigenvalue weighted by Crippen LogP contribution is 2.19. The molecule has 0 spiro atoms. The van der Waals surface area contributed by atoms with Gasteiger partial charge < -0.3 is 29.7 Å². The monoisotopic (exact) mass is 382 g/mol. The normalized spacial score (nSPS) is 16.9. The van der Waals surface area contributed by atoms with Crippen LogP contribution in [-0.2, 0) is 16.1 Å². The first-order valence-electron chi connectivity index (χ1n) is 9.20. The lowest BCUT2D eigenvalue weighted by Crippen LogP contribution is -2.53. The van der Waals surface area contributed by atoms with E-state index in [0.717, 1.165) is 16.6 Å². The quantitative estimate of drug-likeness (QED) is 0.632. The molecule has 8 nitrogen and oxygen atoms in total. The van der Waals surface area contributed by atoms with Gasteiger partial charge in [0.15, 0.2) is 0 Å². The van der Waals surface area contributed by atoms with E-state index in [4.69, 9.17) is 9.15 Å². The van der Waals surface area contributed by atoms with Gasteiger partial charge in [-0.15, -0.1) is 0 Å². The molecule has 0 bridgehead atoms. The molecule has 3 aromatic rings. The van der Waals surface area contributed by atoms with Crippen LogP contribution >= 0.6 is 0 Å².